The van der Waals surface area contributed by atoms with Crippen molar-refractivity contribution in [1.82, 2.24) is 0 Å². The minimum Gasteiger partial charge on any atom is -0.482 e. The number of rotatable bonds is 7. The molecule has 0 bridgehead atoms. The Kier molecular flexibility index (Phi) is 7.01. The van der Waals surface area contributed by atoms with Crippen LogP contribution in [0.25, 0.3) is 0 Å². The maximum Gasteiger partial charge on any atom is 0.344 e. The first-order chi connectivity index (χ1) is 11.9. The van der Waals surface area contributed by atoms with E-state index in [0.717, 1.165) is 4.47 Å². The minimum atomic E-state index is -0.606. The minimum absolute atomic E-state index is 0.257. The SMILES string of the molecule is CC(C)c1ccc(NC(=O)COC(=O)COc2cccc(Br)c2)cc1. The van der Waals surface area contributed by atoms with Gasteiger partial charge in [-0.2, -0.15) is 0 Å². The van der Waals surface area contributed by atoms with Gasteiger partial charge in [0.25, 0.3) is 5.91 Å². The zero-order chi connectivity index (χ0) is 18.2. The molecule has 25 heavy (non-hydrogen) atoms. The molecule has 0 spiro atoms. The average Bonchev–Trinajstić information content (AvgIpc) is 2.58. The predicted octanol–water partition coefficient (Wildman–Crippen LogP) is 4.13. The summed E-state index contributed by atoms with van der Waals surface area (Å²) in [5, 5.41) is 2.68. The van der Waals surface area contributed by atoms with E-state index in [-0.39, 0.29) is 13.2 Å². The van der Waals surface area contributed by atoms with Crippen LogP contribution in [0.1, 0.15) is 25.3 Å². The van der Waals surface area contributed by atoms with E-state index in [9.17, 15) is 9.59 Å². The molecule has 0 unspecified atom stereocenters. The molecule has 0 aliphatic carbocycles. The Bertz CT molecular complexity index is 728. The van der Waals surface area contributed by atoms with Crippen LogP contribution in [0.5, 0.6) is 5.75 Å². The van der Waals surface area contributed by atoms with Gasteiger partial charge in [0.05, 0.1) is 0 Å². The lowest BCUT2D eigenvalue weighted by Gasteiger charge is -2.09. The van der Waals surface area contributed by atoms with E-state index in [2.05, 4.69) is 35.1 Å². The molecule has 0 aromatic heterocycles. The second-order valence-electron chi connectivity index (χ2n) is 5.73. The molecule has 0 saturated heterocycles. The third kappa shape index (κ3) is 6.58. The first-order valence-electron chi connectivity index (χ1n) is 7.88. The normalized spacial score (nSPS) is 10.4. The molecule has 2 aromatic rings. The first kappa shape index (κ1) is 19.0. The molecule has 0 aliphatic heterocycles. The lowest BCUT2D eigenvalue weighted by molar-refractivity contribution is -0.149. The molecule has 0 fully saturated rings. The molecular weight excluding hydrogens is 386 g/mol. The summed E-state index contributed by atoms with van der Waals surface area (Å²) < 4.78 is 11.0. The van der Waals surface area contributed by atoms with Gasteiger partial charge < -0.3 is 14.8 Å². The van der Waals surface area contributed by atoms with Gasteiger partial charge in [0.15, 0.2) is 13.2 Å². The highest BCUT2D eigenvalue weighted by atomic mass is 79.9. The van der Waals surface area contributed by atoms with Gasteiger partial charge >= 0.3 is 5.97 Å². The number of amides is 1. The predicted molar refractivity (Wildman–Crippen MR) is 99.8 cm³/mol. The van der Waals surface area contributed by atoms with Crippen molar-refractivity contribution >= 4 is 33.5 Å². The van der Waals surface area contributed by atoms with Crippen molar-refractivity contribution in [3.05, 3.63) is 58.6 Å². The van der Waals surface area contributed by atoms with E-state index < -0.39 is 11.9 Å². The Hall–Kier alpha value is -2.34. The van der Waals surface area contributed by atoms with Crippen molar-refractivity contribution in [3.63, 3.8) is 0 Å². The third-order valence-corrected chi connectivity index (χ3v) is 3.87. The number of nitrogens with one attached hydrogen (secondary N) is 1. The second kappa shape index (κ2) is 9.22. The van der Waals surface area contributed by atoms with Gasteiger partial charge in [-0.15, -0.1) is 0 Å². The van der Waals surface area contributed by atoms with E-state index >= 15 is 0 Å². The Balaban J connectivity index is 1.72. The van der Waals surface area contributed by atoms with Crippen LogP contribution in [-0.2, 0) is 14.3 Å². The highest BCUT2D eigenvalue weighted by Gasteiger charge is 2.09. The van der Waals surface area contributed by atoms with Gasteiger partial charge in [0.1, 0.15) is 5.75 Å². The van der Waals surface area contributed by atoms with E-state index in [1.807, 2.05) is 30.3 Å². The standard InChI is InChI=1S/C19H20BrNO4/c1-13(2)14-6-8-16(9-7-14)21-18(22)11-25-19(23)12-24-17-5-3-4-15(20)10-17/h3-10,13H,11-12H2,1-2H3,(H,21,22). The largest absolute Gasteiger partial charge is 0.482 e. The van der Waals surface area contributed by atoms with Crippen molar-refractivity contribution in [2.24, 2.45) is 0 Å². The topological polar surface area (TPSA) is 64.6 Å². The zero-order valence-electron chi connectivity index (χ0n) is 14.1. The van der Waals surface area contributed by atoms with Crippen LogP contribution in [0, 0.1) is 0 Å². The van der Waals surface area contributed by atoms with Crippen LogP contribution in [-0.4, -0.2) is 25.1 Å². The number of benzene rings is 2. The summed E-state index contributed by atoms with van der Waals surface area (Å²) >= 11 is 3.31. The lowest BCUT2D eigenvalue weighted by Crippen LogP contribution is -2.23. The monoisotopic (exact) mass is 405 g/mol. The van der Waals surface area contributed by atoms with E-state index in [4.69, 9.17) is 9.47 Å². The molecule has 2 aromatic carbocycles. The third-order valence-electron chi connectivity index (χ3n) is 3.38. The van der Waals surface area contributed by atoms with Gasteiger partial charge in [0, 0.05) is 10.2 Å². The highest BCUT2D eigenvalue weighted by molar-refractivity contribution is 9.10. The van der Waals surface area contributed by atoms with Crippen molar-refractivity contribution in [1.29, 1.82) is 0 Å². The maximum atomic E-state index is 11.8. The Morgan fingerprint density at radius 3 is 2.44 bits per heavy atom. The maximum absolute atomic E-state index is 11.8. The molecule has 132 valence electrons. The summed E-state index contributed by atoms with van der Waals surface area (Å²) in [7, 11) is 0. The first-order valence-corrected chi connectivity index (χ1v) is 8.67. The highest BCUT2D eigenvalue weighted by Crippen LogP contribution is 2.18. The van der Waals surface area contributed by atoms with Crippen molar-refractivity contribution < 1.29 is 19.1 Å². The summed E-state index contributed by atoms with van der Waals surface area (Å²) in [4.78, 5) is 23.5. The van der Waals surface area contributed by atoms with Crippen LogP contribution in [0.3, 0.4) is 0 Å². The number of carbonyl (C=O) groups excluding carboxylic acids is 2. The second-order valence-corrected chi connectivity index (χ2v) is 6.65. The zero-order valence-corrected chi connectivity index (χ0v) is 15.7. The Morgan fingerprint density at radius 1 is 1.08 bits per heavy atom. The van der Waals surface area contributed by atoms with Gasteiger partial charge in [-0.25, -0.2) is 4.79 Å². The molecule has 1 amide bonds. The number of hydrogen-bond donors (Lipinski definition) is 1. The smallest absolute Gasteiger partial charge is 0.344 e. The van der Waals surface area contributed by atoms with Gasteiger partial charge in [-0.05, 0) is 41.8 Å². The van der Waals surface area contributed by atoms with E-state index in [0.29, 0.717) is 17.4 Å². The molecular formula is C19H20BrNO4. The van der Waals surface area contributed by atoms with Crippen molar-refractivity contribution in [2.45, 2.75) is 19.8 Å². The molecule has 0 radical (unpaired) electrons. The molecule has 0 atom stereocenters. The summed E-state index contributed by atoms with van der Waals surface area (Å²) in [5.41, 5.74) is 1.85. The molecule has 0 heterocycles. The average molecular weight is 406 g/mol. The van der Waals surface area contributed by atoms with Crippen molar-refractivity contribution in [3.8, 4) is 5.75 Å². The van der Waals surface area contributed by atoms with Crippen LogP contribution < -0.4 is 10.1 Å². The van der Waals surface area contributed by atoms with Crippen LogP contribution in [0.2, 0.25) is 0 Å². The quantitative estimate of drug-likeness (QED) is 0.703. The fourth-order valence-electron chi connectivity index (χ4n) is 2.04. The molecule has 6 heteroatoms. The van der Waals surface area contributed by atoms with E-state index in [1.54, 1.807) is 18.2 Å². The Labute approximate surface area is 155 Å². The summed E-state index contributed by atoms with van der Waals surface area (Å²) in [5.74, 6) is -0.0321. The van der Waals surface area contributed by atoms with Crippen LogP contribution in [0.15, 0.2) is 53.0 Å². The van der Waals surface area contributed by atoms with Gasteiger partial charge in [0.2, 0.25) is 0 Å². The molecule has 0 saturated carbocycles. The summed E-state index contributed by atoms with van der Waals surface area (Å²) in [6.07, 6.45) is 0. The van der Waals surface area contributed by atoms with Gasteiger partial charge in [-0.1, -0.05) is 48.0 Å². The number of esters is 1. The molecule has 1 N–H and O–H groups in total. The van der Waals surface area contributed by atoms with Gasteiger partial charge in [-0.3, -0.25) is 4.79 Å². The van der Waals surface area contributed by atoms with Crippen molar-refractivity contribution in [2.75, 3.05) is 18.5 Å². The Morgan fingerprint density at radius 2 is 1.80 bits per heavy atom. The number of hydrogen-bond acceptors (Lipinski definition) is 4. The molecule has 5 nitrogen and oxygen atoms in total. The number of carbonyl (C=O) groups is 2. The van der Waals surface area contributed by atoms with Crippen LogP contribution >= 0.6 is 15.9 Å². The van der Waals surface area contributed by atoms with E-state index in [1.165, 1.54) is 5.56 Å². The fraction of sp³-hybridized carbons (Fsp3) is 0.263. The fourth-order valence-corrected chi connectivity index (χ4v) is 2.41. The molecule has 0 aliphatic rings. The summed E-state index contributed by atoms with van der Waals surface area (Å²) in [6, 6.07) is 14.7. The molecule has 2 rings (SSSR count). The number of ether oxygens (including phenoxy) is 2. The van der Waals surface area contributed by atoms with Crippen LogP contribution in [0.4, 0.5) is 5.69 Å². The summed E-state index contributed by atoms with van der Waals surface area (Å²) in [6.45, 7) is 3.59. The number of halogens is 1. The number of anilines is 1. The lowest BCUT2D eigenvalue weighted by atomic mass is 10.0.